The van der Waals surface area contributed by atoms with E-state index in [1.54, 1.807) is 27.5 Å². The van der Waals surface area contributed by atoms with E-state index in [4.69, 9.17) is 5.11 Å². The summed E-state index contributed by atoms with van der Waals surface area (Å²) >= 11 is 0. The maximum atomic E-state index is 12.1. The van der Waals surface area contributed by atoms with Crippen molar-refractivity contribution in [2.45, 2.75) is 32.7 Å². The highest BCUT2D eigenvalue weighted by Crippen LogP contribution is 2.02. The van der Waals surface area contributed by atoms with E-state index in [1.807, 2.05) is 6.92 Å². The van der Waals surface area contributed by atoms with Gasteiger partial charge in [-0.1, -0.05) is 0 Å². The zero-order valence-electron chi connectivity index (χ0n) is 10.2. The smallest absolute Gasteiger partial charge is 0.303 e. The van der Waals surface area contributed by atoms with Crippen LogP contribution >= 0.6 is 0 Å². The fourth-order valence-electron chi connectivity index (χ4n) is 1.88. The monoisotopic (exact) mass is 249 g/mol. The molecule has 0 atom stereocenters. The van der Waals surface area contributed by atoms with Crippen LogP contribution in [0.2, 0.25) is 0 Å². The molecule has 1 N–H and O–H groups in total. The van der Waals surface area contributed by atoms with Gasteiger partial charge in [-0.05, 0) is 25.8 Å². The third kappa shape index (κ3) is 2.58. The fourth-order valence-corrected chi connectivity index (χ4v) is 1.88. The molecular weight excluding hydrogens is 234 g/mol. The number of unbranched alkanes of at least 4 members (excludes halogenated alkanes) is 1. The highest BCUT2D eigenvalue weighted by molar-refractivity contribution is 5.66. The van der Waals surface area contributed by atoms with Crippen molar-refractivity contribution in [3.8, 4) is 0 Å². The van der Waals surface area contributed by atoms with Gasteiger partial charge >= 0.3 is 5.97 Å². The highest BCUT2D eigenvalue weighted by atomic mass is 16.4. The van der Waals surface area contributed by atoms with Crippen LogP contribution in [0, 0.1) is 6.92 Å². The van der Waals surface area contributed by atoms with Crippen molar-refractivity contribution in [2.24, 2.45) is 0 Å². The van der Waals surface area contributed by atoms with Crippen LogP contribution in [0.5, 0.6) is 0 Å². The Kier molecular flexibility index (Phi) is 3.45. The largest absolute Gasteiger partial charge is 0.481 e. The van der Waals surface area contributed by atoms with Crippen LogP contribution in [0.4, 0.5) is 0 Å². The second-order valence-corrected chi connectivity index (χ2v) is 4.26. The Hall–Kier alpha value is -2.11. The van der Waals surface area contributed by atoms with Crippen molar-refractivity contribution in [3.63, 3.8) is 0 Å². The summed E-state index contributed by atoms with van der Waals surface area (Å²) in [4.78, 5) is 22.4. The molecule has 0 spiro atoms. The average Bonchev–Trinajstić information content (AvgIpc) is 2.68. The molecule has 96 valence electrons. The summed E-state index contributed by atoms with van der Waals surface area (Å²) in [6.45, 7) is 2.37. The molecule has 0 radical (unpaired) electrons. The Morgan fingerprint density at radius 2 is 2.17 bits per heavy atom. The standard InChI is InChI=1S/C12H15N3O3/c1-9-8-10-12(18)14(6-7-15(10)13-9)5-3-2-4-11(16)17/h6-8H,2-5H2,1H3,(H,16,17). The predicted octanol–water partition coefficient (Wildman–Crippen LogP) is 1.06. The van der Waals surface area contributed by atoms with Gasteiger partial charge in [-0.3, -0.25) is 9.59 Å². The number of aryl methyl sites for hydroxylation is 2. The molecule has 0 aliphatic heterocycles. The van der Waals surface area contributed by atoms with Crippen LogP contribution in [-0.2, 0) is 11.3 Å². The van der Waals surface area contributed by atoms with Crippen LogP contribution in [-0.4, -0.2) is 25.3 Å². The second-order valence-electron chi connectivity index (χ2n) is 4.26. The van der Waals surface area contributed by atoms with Crippen molar-refractivity contribution in [1.29, 1.82) is 0 Å². The fraction of sp³-hybridized carbons (Fsp3) is 0.417. The Bertz CT molecular complexity index is 627. The maximum absolute atomic E-state index is 12.1. The molecular formula is C12H15N3O3. The van der Waals surface area contributed by atoms with E-state index in [0.29, 0.717) is 24.9 Å². The van der Waals surface area contributed by atoms with Gasteiger partial charge in [0.05, 0.1) is 5.69 Å². The van der Waals surface area contributed by atoms with Crippen molar-refractivity contribution >= 4 is 11.5 Å². The zero-order valence-corrected chi connectivity index (χ0v) is 10.2. The van der Waals surface area contributed by atoms with Gasteiger partial charge in [0.25, 0.3) is 5.56 Å². The van der Waals surface area contributed by atoms with Gasteiger partial charge in [-0.15, -0.1) is 0 Å². The molecule has 2 aromatic heterocycles. The molecule has 0 saturated heterocycles. The van der Waals surface area contributed by atoms with E-state index in [9.17, 15) is 9.59 Å². The molecule has 0 aromatic carbocycles. The quantitative estimate of drug-likeness (QED) is 0.804. The first kappa shape index (κ1) is 12.3. The molecule has 0 aliphatic rings. The number of carboxylic acids is 1. The average molecular weight is 249 g/mol. The number of aliphatic carboxylic acids is 1. The topological polar surface area (TPSA) is 76.6 Å². The first-order chi connectivity index (χ1) is 8.58. The third-order valence-corrected chi connectivity index (χ3v) is 2.77. The van der Waals surface area contributed by atoms with Crippen LogP contribution in [0.15, 0.2) is 23.3 Å². The minimum Gasteiger partial charge on any atom is -0.481 e. The summed E-state index contributed by atoms with van der Waals surface area (Å²) in [5, 5.41) is 12.7. The van der Waals surface area contributed by atoms with Crippen molar-refractivity contribution < 1.29 is 9.90 Å². The number of carbonyl (C=O) groups is 1. The van der Waals surface area contributed by atoms with Crippen LogP contribution in [0.3, 0.4) is 0 Å². The number of carboxylic acid groups (broad SMARTS) is 1. The van der Waals surface area contributed by atoms with E-state index in [2.05, 4.69) is 5.10 Å². The van der Waals surface area contributed by atoms with Gasteiger partial charge in [0.1, 0.15) is 5.52 Å². The molecule has 2 aromatic rings. The molecule has 2 heterocycles. The minimum atomic E-state index is -0.802. The SMILES string of the molecule is Cc1cc2c(=O)n(CCCCC(=O)O)ccn2n1. The molecule has 6 nitrogen and oxygen atoms in total. The Morgan fingerprint density at radius 3 is 2.89 bits per heavy atom. The molecule has 0 fully saturated rings. The lowest BCUT2D eigenvalue weighted by Gasteiger charge is -2.04. The van der Waals surface area contributed by atoms with Gasteiger partial charge in [0.2, 0.25) is 0 Å². The lowest BCUT2D eigenvalue weighted by atomic mass is 10.2. The van der Waals surface area contributed by atoms with Gasteiger partial charge in [-0.25, -0.2) is 4.52 Å². The second kappa shape index (κ2) is 5.03. The molecule has 18 heavy (non-hydrogen) atoms. The van der Waals surface area contributed by atoms with Gasteiger partial charge in [-0.2, -0.15) is 5.10 Å². The van der Waals surface area contributed by atoms with Crippen molar-refractivity contribution in [3.05, 3.63) is 34.5 Å². The van der Waals surface area contributed by atoms with Crippen LogP contribution < -0.4 is 5.56 Å². The van der Waals surface area contributed by atoms with E-state index in [0.717, 1.165) is 5.69 Å². The number of aromatic nitrogens is 3. The van der Waals surface area contributed by atoms with E-state index in [-0.39, 0.29) is 12.0 Å². The van der Waals surface area contributed by atoms with Crippen LogP contribution in [0.1, 0.15) is 25.0 Å². The van der Waals surface area contributed by atoms with E-state index < -0.39 is 5.97 Å². The molecule has 6 heteroatoms. The Balaban J connectivity index is 2.11. The normalized spacial score (nSPS) is 10.9. The van der Waals surface area contributed by atoms with E-state index in [1.165, 1.54) is 0 Å². The summed E-state index contributed by atoms with van der Waals surface area (Å²) in [6.07, 6.45) is 4.81. The first-order valence-corrected chi connectivity index (χ1v) is 5.85. The van der Waals surface area contributed by atoms with Gasteiger partial charge < -0.3 is 9.67 Å². The van der Waals surface area contributed by atoms with Crippen molar-refractivity contribution in [1.82, 2.24) is 14.2 Å². The first-order valence-electron chi connectivity index (χ1n) is 5.85. The summed E-state index contributed by atoms with van der Waals surface area (Å²) in [5.41, 5.74) is 1.26. The van der Waals surface area contributed by atoms with Gasteiger partial charge in [0.15, 0.2) is 0 Å². The third-order valence-electron chi connectivity index (χ3n) is 2.77. The van der Waals surface area contributed by atoms with Crippen LogP contribution in [0.25, 0.3) is 5.52 Å². The molecule has 0 unspecified atom stereocenters. The molecule has 0 saturated carbocycles. The van der Waals surface area contributed by atoms with Gasteiger partial charge in [0, 0.05) is 25.4 Å². The number of hydrogen-bond donors (Lipinski definition) is 1. The lowest BCUT2D eigenvalue weighted by Crippen LogP contribution is -2.21. The molecule has 0 aliphatic carbocycles. The minimum absolute atomic E-state index is 0.0894. The highest BCUT2D eigenvalue weighted by Gasteiger charge is 2.05. The molecule has 2 rings (SSSR count). The molecule has 0 amide bonds. The predicted molar refractivity (Wildman–Crippen MR) is 65.7 cm³/mol. The van der Waals surface area contributed by atoms with E-state index >= 15 is 0 Å². The molecule has 0 bridgehead atoms. The lowest BCUT2D eigenvalue weighted by molar-refractivity contribution is -0.137. The maximum Gasteiger partial charge on any atom is 0.303 e. The summed E-state index contributed by atoms with van der Waals surface area (Å²) < 4.78 is 3.16. The number of fused-ring (bicyclic) bond motifs is 1. The summed E-state index contributed by atoms with van der Waals surface area (Å²) in [5.74, 6) is -0.802. The Labute approximate surface area is 103 Å². The summed E-state index contributed by atoms with van der Waals surface area (Å²) in [6, 6.07) is 1.75. The van der Waals surface area contributed by atoms with Crippen molar-refractivity contribution in [2.75, 3.05) is 0 Å². The summed E-state index contributed by atoms with van der Waals surface area (Å²) in [7, 11) is 0. The Morgan fingerprint density at radius 1 is 1.39 bits per heavy atom. The zero-order chi connectivity index (χ0) is 13.1. The number of rotatable bonds is 5. The number of hydrogen-bond acceptors (Lipinski definition) is 3. The number of nitrogens with zero attached hydrogens (tertiary/aromatic N) is 3.